The fourth-order valence-corrected chi connectivity index (χ4v) is 1.88. The number of aliphatic hydroxyl groups is 1. The molecule has 2 heterocycles. The number of aromatic nitrogens is 3. The highest BCUT2D eigenvalue weighted by Gasteiger charge is 2.11. The summed E-state index contributed by atoms with van der Waals surface area (Å²) in [6.45, 7) is 0.359. The van der Waals surface area contributed by atoms with Crippen LogP contribution in [0.5, 0.6) is 0 Å². The molecule has 0 aliphatic rings. The van der Waals surface area contributed by atoms with Crippen molar-refractivity contribution < 1.29 is 9.84 Å². The molecule has 92 valence electrons. The summed E-state index contributed by atoms with van der Waals surface area (Å²) in [5.41, 5.74) is 0.726. The first kappa shape index (κ1) is 12.3. The van der Waals surface area contributed by atoms with Gasteiger partial charge in [0.2, 0.25) is 5.95 Å². The molecule has 1 unspecified atom stereocenters. The topological polar surface area (TPSA) is 71.7 Å². The van der Waals surface area contributed by atoms with Gasteiger partial charge in [0.15, 0.2) is 5.65 Å². The number of nitrogens with one attached hydrogen (secondary N) is 1. The van der Waals surface area contributed by atoms with Crippen LogP contribution in [0.3, 0.4) is 0 Å². The predicted molar refractivity (Wildman–Crippen MR) is 67.1 cm³/mol. The van der Waals surface area contributed by atoms with Crippen LogP contribution in [0.2, 0.25) is 0 Å². The van der Waals surface area contributed by atoms with Gasteiger partial charge in [0.05, 0.1) is 23.7 Å². The molecule has 0 bridgehead atoms. The number of anilines is 1. The Hall–Kier alpha value is -1.18. The van der Waals surface area contributed by atoms with Crippen molar-refractivity contribution in [3.8, 4) is 0 Å². The van der Waals surface area contributed by atoms with Crippen LogP contribution in [0.25, 0.3) is 5.65 Å². The average molecular weight is 301 g/mol. The van der Waals surface area contributed by atoms with Crippen LogP contribution in [0.4, 0.5) is 5.95 Å². The average Bonchev–Trinajstić information content (AvgIpc) is 2.72. The number of aliphatic hydroxyl groups excluding tert-OH is 1. The van der Waals surface area contributed by atoms with Gasteiger partial charge >= 0.3 is 0 Å². The Balaban J connectivity index is 2.21. The van der Waals surface area contributed by atoms with E-state index in [9.17, 15) is 0 Å². The van der Waals surface area contributed by atoms with E-state index in [1.807, 2.05) is 18.3 Å². The van der Waals surface area contributed by atoms with Gasteiger partial charge in [0.1, 0.15) is 0 Å². The van der Waals surface area contributed by atoms with Gasteiger partial charge in [0, 0.05) is 13.3 Å². The number of fused-ring (bicyclic) bond motifs is 1. The lowest BCUT2D eigenvalue weighted by molar-refractivity contribution is 0.153. The van der Waals surface area contributed by atoms with Crippen LogP contribution in [0, 0.1) is 0 Å². The lowest BCUT2D eigenvalue weighted by Gasteiger charge is -2.12. The van der Waals surface area contributed by atoms with E-state index in [1.54, 1.807) is 11.6 Å². The van der Waals surface area contributed by atoms with E-state index >= 15 is 0 Å². The molecule has 2 aromatic rings. The fraction of sp³-hybridized carbons (Fsp3) is 0.400. The van der Waals surface area contributed by atoms with Crippen molar-refractivity contribution in [2.75, 3.05) is 25.6 Å². The summed E-state index contributed by atoms with van der Waals surface area (Å²) in [5, 5.41) is 16.4. The minimum absolute atomic E-state index is 0.0371. The molecule has 0 radical (unpaired) electrons. The van der Waals surface area contributed by atoms with Crippen LogP contribution < -0.4 is 5.32 Å². The molecular formula is C10H13BrN4O2. The highest BCUT2D eigenvalue weighted by molar-refractivity contribution is 9.10. The molecule has 17 heavy (non-hydrogen) atoms. The van der Waals surface area contributed by atoms with Crippen LogP contribution in [-0.4, -0.2) is 46.1 Å². The summed E-state index contributed by atoms with van der Waals surface area (Å²) >= 11 is 3.40. The molecule has 0 fully saturated rings. The van der Waals surface area contributed by atoms with Crippen LogP contribution in [-0.2, 0) is 4.74 Å². The number of halogens is 1. The number of ether oxygens (including phenoxy) is 1. The molecule has 2 aromatic heterocycles. The van der Waals surface area contributed by atoms with Crippen molar-refractivity contribution in [2.24, 2.45) is 0 Å². The molecule has 1 atom stereocenters. The van der Waals surface area contributed by atoms with Gasteiger partial charge in [-0.05, 0) is 28.1 Å². The number of rotatable bonds is 5. The van der Waals surface area contributed by atoms with Crippen LogP contribution >= 0.6 is 15.9 Å². The molecule has 0 saturated heterocycles. The Morgan fingerprint density at radius 1 is 1.65 bits per heavy atom. The first-order valence-electron chi connectivity index (χ1n) is 5.12. The normalized spacial score (nSPS) is 12.9. The van der Waals surface area contributed by atoms with Gasteiger partial charge in [-0.3, -0.25) is 0 Å². The highest BCUT2D eigenvalue weighted by Crippen LogP contribution is 2.16. The van der Waals surface area contributed by atoms with Crippen molar-refractivity contribution in [1.82, 2.24) is 14.6 Å². The third kappa shape index (κ3) is 2.74. The first-order chi connectivity index (χ1) is 8.24. The minimum Gasteiger partial charge on any atom is -0.394 e. The summed E-state index contributed by atoms with van der Waals surface area (Å²) in [4.78, 5) is 4.31. The zero-order valence-electron chi connectivity index (χ0n) is 9.30. The Morgan fingerprint density at radius 2 is 2.47 bits per heavy atom. The van der Waals surface area contributed by atoms with E-state index in [-0.39, 0.29) is 12.6 Å². The number of pyridine rings is 1. The smallest absolute Gasteiger partial charge is 0.243 e. The zero-order chi connectivity index (χ0) is 12.3. The zero-order valence-corrected chi connectivity index (χ0v) is 10.9. The molecule has 7 heteroatoms. The second-order valence-corrected chi connectivity index (χ2v) is 4.39. The minimum atomic E-state index is -0.212. The lowest BCUT2D eigenvalue weighted by Crippen LogP contribution is -2.29. The Kier molecular flexibility index (Phi) is 3.93. The van der Waals surface area contributed by atoms with Crippen molar-refractivity contribution in [3.05, 3.63) is 22.8 Å². The summed E-state index contributed by atoms with van der Waals surface area (Å²) in [5.74, 6) is 0.466. The summed E-state index contributed by atoms with van der Waals surface area (Å²) < 4.78 is 7.50. The Morgan fingerprint density at radius 3 is 3.12 bits per heavy atom. The maximum atomic E-state index is 9.13. The Labute approximate surface area is 107 Å². The largest absolute Gasteiger partial charge is 0.394 e. The molecular weight excluding hydrogens is 288 g/mol. The second kappa shape index (κ2) is 5.44. The molecule has 0 spiro atoms. The maximum Gasteiger partial charge on any atom is 0.243 e. The van der Waals surface area contributed by atoms with E-state index in [2.05, 4.69) is 31.3 Å². The number of nitrogens with zero attached hydrogens (tertiary/aromatic N) is 3. The van der Waals surface area contributed by atoms with Crippen LogP contribution in [0.15, 0.2) is 22.8 Å². The monoisotopic (exact) mass is 300 g/mol. The van der Waals surface area contributed by atoms with E-state index in [1.165, 1.54) is 0 Å². The van der Waals surface area contributed by atoms with Crippen molar-refractivity contribution in [1.29, 1.82) is 0 Å². The molecule has 0 amide bonds. The summed E-state index contributed by atoms with van der Waals surface area (Å²) in [6, 6.07) is 3.55. The highest BCUT2D eigenvalue weighted by atomic mass is 79.9. The van der Waals surface area contributed by atoms with Gasteiger partial charge in [-0.1, -0.05) is 0 Å². The van der Waals surface area contributed by atoms with Crippen molar-refractivity contribution >= 4 is 27.5 Å². The van der Waals surface area contributed by atoms with Gasteiger partial charge in [-0.15, -0.1) is 5.10 Å². The van der Waals surface area contributed by atoms with E-state index in [4.69, 9.17) is 9.84 Å². The van der Waals surface area contributed by atoms with Crippen LogP contribution in [0.1, 0.15) is 0 Å². The molecule has 2 rings (SSSR count). The van der Waals surface area contributed by atoms with E-state index in [0.717, 1.165) is 10.1 Å². The van der Waals surface area contributed by atoms with Gasteiger partial charge < -0.3 is 15.2 Å². The third-order valence-electron chi connectivity index (χ3n) is 2.24. The standard InChI is InChI=1S/C10H13BrN4O2/c1-17-6-7(5-16)12-10-13-9-8(11)3-2-4-15(9)14-10/h2-4,7,16H,5-6H2,1H3,(H,12,14). The second-order valence-electron chi connectivity index (χ2n) is 3.54. The third-order valence-corrected chi connectivity index (χ3v) is 2.86. The molecule has 0 aliphatic carbocycles. The quantitative estimate of drug-likeness (QED) is 0.859. The number of hydrogen-bond acceptors (Lipinski definition) is 5. The summed E-state index contributed by atoms with van der Waals surface area (Å²) in [7, 11) is 1.58. The van der Waals surface area contributed by atoms with Crippen molar-refractivity contribution in [3.63, 3.8) is 0 Å². The first-order valence-corrected chi connectivity index (χ1v) is 5.91. The Bertz CT molecular complexity index is 502. The molecule has 0 aromatic carbocycles. The predicted octanol–water partition coefficient (Wildman–Crippen LogP) is 0.911. The van der Waals surface area contributed by atoms with Gasteiger partial charge in [0.25, 0.3) is 0 Å². The number of hydrogen-bond donors (Lipinski definition) is 2. The van der Waals surface area contributed by atoms with E-state index < -0.39 is 0 Å². The molecule has 6 nitrogen and oxygen atoms in total. The van der Waals surface area contributed by atoms with Gasteiger partial charge in [-0.2, -0.15) is 4.98 Å². The van der Waals surface area contributed by atoms with Crippen molar-refractivity contribution in [2.45, 2.75) is 6.04 Å². The molecule has 0 saturated carbocycles. The SMILES string of the molecule is COCC(CO)Nc1nc2c(Br)cccn2n1. The molecule has 2 N–H and O–H groups in total. The maximum absolute atomic E-state index is 9.13. The summed E-state index contributed by atoms with van der Waals surface area (Å²) in [6.07, 6.45) is 1.81. The molecule has 0 aliphatic heterocycles. The fourth-order valence-electron chi connectivity index (χ4n) is 1.46. The van der Waals surface area contributed by atoms with Gasteiger partial charge in [-0.25, -0.2) is 4.52 Å². The number of methoxy groups -OCH3 is 1. The van der Waals surface area contributed by atoms with E-state index in [0.29, 0.717) is 12.6 Å². The lowest BCUT2D eigenvalue weighted by atomic mass is 10.3.